The lowest BCUT2D eigenvalue weighted by atomic mass is 9.45. The predicted octanol–water partition coefficient (Wildman–Crippen LogP) is 3.07. The van der Waals surface area contributed by atoms with Gasteiger partial charge >= 0.3 is 5.97 Å². The number of Topliss-reactive ketones (excluding diaryl/α,β-unsaturated/α-hetero) is 1. The SMILES string of the molecule is C[C@@]12CCC[C@H]1[C@@H]1C(=O)C[C@@]3(C=O)OC(=O)CC[C@]3(C)[C@H]1CC2. The number of carbonyl (C=O) groups is 3. The molecule has 4 rings (SSSR count). The molecule has 1 aliphatic heterocycles. The van der Waals surface area contributed by atoms with Crippen molar-refractivity contribution in [3.05, 3.63) is 0 Å². The van der Waals surface area contributed by atoms with E-state index in [2.05, 4.69) is 13.8 Å². The van der Waals surface area contributed by atoms with Gasteiger partial charge in [-0.15, -0.1) is 0 Å². The first-order chi connectivity index (χ1) is 10.9. The zero-order valence-corrected chi connectivity index (χ0v) is 14.1. The second kappa shape index (κ2) is 4.67. The van der Waals surface area contributed by atoms with Gasteiger partial charge in [-0.1, -0.05) is 20.3 Å². The number of rotatable bonds is 1. The molecule has 3 aliphatic carbocycles. The van der Waals surface area contributed by atoms with E-state index in [-0.39, 0.29) is 35.4 Å². The van der Waals surface area contributed by atoms with E-state index in [4.69, 9.17) is 4.74 Å². The zero-order valence-electron chi connectivity index (χ0n) is 14.1. The number of aldehydes is 1. The third kappa shape index (κ3) is 1.81. The molecular formula is C19H26O4. The molecule has 6 atom stereocenters. The highest BCUT2D eigenvalue weighted by atomic mass is 16.6. The Hall–Kier alpha value is -1.19. The molecule has 0 amide bonds. The first-order valence-corrected chi connectivity index (χ1v) is 9.06. The molecule has 23 heavy (non-hydrogen) atoms. The van der Waals surface area contributed by atoms with Crippen LogP contribution in [0.5, 0.6) is 0 Å². The van der Waals surface area contributed by atoms with E-state index >= 15 is 0 Å². The van der Waals surface area contributed by atoms with E-state index < -0.39 is 5.60 Å². The molecule has 0 radical (unpaired) electrons. The van der Waals surface area contributed by atoms with Gasteiger partial charge in [0, 0.05) is 17.8 Å². The number of ether oxygens (including phenoxy) is 1. The van der Waals surface area contributed by atoms with Crippen LogP contribution in [0.4, 0.5) is 0 Å². The molecule has 1 saturated heterocycles. The molecule has 0 aromatic carbocycles. The summed E-state index contributed by atoms with van der Waals surface area (Å²) >= 11 is 0. The van der Waals surface area contributed by atoms with Crippen LogP contribution >= 0.6 is 0 Å². The van der Waals surface area contributed by atoms with Crippen LogP contribution in [0.15, 0.2) is 0 Å². The second-order valence-electron chi connectivity index (χ2n) is 8.87. The Balaban J connectivity index is 1.78. The monoisotopic (exact) mass is 318 g/mol. The zero-order chi connectivity index (χ0) is 16.5. The fourth-order valence-corrected chi connectivity index (χ4v) is 6.55. The van der Waals surface area contributed by atoms with Gasteiger partial charge in [-0.3, -0.25) is 14.4 Å². The van der Waals surface area contributed by atoms with Gasteiger partial charge in [0.2, 0.25) is 0 Å². The third-order valence-corrected chi connectivity index (χ3v) is 7.98. The van der Waals surface area contributed by atoms with Crippen molar-refractivity contribution in [2.45, 2.75) is 70.8 Å². The van der Waals surface area contributed by atoms with Crippen LogP contribution in [0.3, 0.4) is 0 Å². The van der Waals surface area contributed by atoms with Crippen LogP contribution in [-0.2, 0) is 19.1 Å². The van der Waals surface area contributed by atoms with Crippen molar-refractivity contribution in [2.24, 2.45) is 28.6 Å². The second-order valence-corrected chi connectivity index (χ2v) is 8.87. The Morgan fingerprint density at radius 2 is 1.87 bits per heavy atom. The number of ketones is 1. The quantitative estimate of drug-likeness (QED) is 0.550. The minimum atomic E-state index is -1.22. The molecule has 126 valence electrons. The lowest BCUT2D eigenvalue weighted by molar-refractivity contribution is -0.219. The minimum Gasteiger partial charge on any atom is -0.450 e. The largest absolute Gasteiger partial charge is 0.450 e. The maximum atomic E-state index is 13.0. The molecule has 0 aromatic heterocycles. The van der Waals surface area contributed by atoms with Gasteiger partial charge in [-0.25, -0.2) is 0 Å². The summed E-state index contributed by atoms with van der Waals surface area (Å²) in [7, 11) is 0. The van der Waals surface area contributed by atoms with E-state index in [1.165, 1.54) is 12.8 Å². The molecule has 0 spiro atoms. The van der Waals surface area contributed by atoms with Crippen LogP contribution in [0, 0.1) is 28.6 Å². The average molecular weight is 318 g/mol. The van der Waals surface area contributed by atoms with Gasteiger partial charge in [0.15, 0.2) is 11.9 Å². The molecule has 0 N–H and O–H groups in total. The minimum absolute atomic E-state index is 0.0612. The van der Waals surface area contributed by atoms with Crippen molar-refractivity contribution in [1.29, 1.82) is 0 Å². The Labute approximate surface area is 137 Å². The van der Waals surface area contributed by atoms with E-state index in [1.807, 2.05) is 0 Å². The Bertz CT molecular complexity index is 584. The van der Waals surface area contributed by atoms with Gasteiger partial charge < -0.3 is 4.74 Å². The fourth-order valence-electron chi connectivity index (χ4n) is 6.55. The summed E-state index contributed by atoms with van der Waals surface area (Å²) in [5, 5.41) is 0. The molecule has 1 heterocycles. The van der Waals surface area contributed by atoms with Gasteiger partial charge in [0.25, 0.3) is 0 Å². The molecule has 0 aromatic rings. The summed E-state index contributed by atoms with van der Waals surface area (Å²) in [5.74, 6) is 0.520. The van der Waals surface area contributed by atoms with E-state index in [9.17, 15) is 14.4 Å². The average Bonchev–Trinajstić information content (AvgIpc) is 2.90. The Morgan fingerprint density at radius 1 is 1.09 bits per heavy atom. The van der Waals surface area contributed by atoms with Crippen LogP contribution in [0.2, 0.25) is 0 Å². The number of hydrogen-bond donors (Lipinski definition) is 0. The molecule has 4 nitrogen and oxygen atoms in total. The van der Waals surface area contributed by atoms with Gasteiger partial charge in [0.05, 0.1) is 6.42 Å². The van der Waals surface area contributed by atoms with Crippen molar-refractivity contribution in [3.8, 4) is 0 Å². The van der Waals surface area contributed by atoms with Crippen molar-refractivity contribution in [2.75, 3.05) is 0 Å². The fraction of sp³-hybridized carbons (Fsp3) is 0.842. The van der Waals surface area contributed by atoms with Crippen molar-refractivity contribution < 1.29 is 19.1 Å². The maximum absolute atomic E-state index is 13.0. The molecular weight excluding hydrogens is 292 g/mol. The molecule has 0 unspecified atom stereocenters. The maximum Gasteiger partial charge on any atom is 0.306 e. The van der Waals surface area contributed by atoms with Gasteiger partial charge in [0.1, 0.15) is 5.78 Å². The normalized spacial score (nSPS) is 52.2. The van der Waals surface area contributed by atoms with E-state index in [0.717, 1.165) is 25.5 Å². The summed E-state index contributed by atoms with van der Waals surface area (Å²) in [4.78, 5) is 36.8. The van der Waals surface area contributed by atoms with Crippen molar-refractivity contribution in [3.63, 3.8) is 0 Å². The topological polar surface area (TPSA) is 60.4 Å². The van der Waals surface area contributed by atoms with Gasteiger partial charge in [-0.05, 0) is 49.4 Å². The third-order valence-electron chi connectivity index (χ3n) is 7.98. The highest BCUT2D eigenvalue weighted by Crippen LogP contribution is 2.65. The highest BCUT2D eigenvalue weighted by molar-refractivity contribution is 5.91. The van der Waals surface area contributed by atoms with Crippen molar-refractivity contribution >= 4 is 18.0 Å². The van der Waals surface area contributed by atoms with Crippen LogP contribution < -0.4 is 0 Å². The summed E-state index contributed by atoms with van der Waals surface area (Å²) < 4.78 is 5.56. The van der Waals surface area contributed by atoms with Gasteiger partial charge in [-0.2, -0.15) is 0 Å². The summed E-state index contributed by atoms with van der Waals surface area (Å²) in [5.41, 5.74) is -1.31. The molecule has 4 aliphatic rings. The lowest BCUT2D eigenvalue weighted by Gasteiger charge is -2.61. The summed E-state index contributed by atoms with van der Waals surface area (Å²) in [6.07, 6.45) is 7.56. The molecule has 0 bridgehead atoms. The Morgan fingerprint density at radius 3 is 2.61 bits per heavy atom. The highest BCUT2D eigenvalue weighted by Gasteiger charge is 2.68. The summed E-state index contributed by atoms with van der Waals surface area (Å²) in [6, 6.07) is 0. The standard InChI is InChI=1S/C19H26O4/c1-17-7-3-4-12(17)16-13(5-8-17)18(2)9-6-15(22)23-19(18,11-20)10-14(16)21/h11-13,16H,3-10H2,1-2H3/t12-,13-,16-,17-,18+,19-/m0/s1. The molecule has 3 saturated carbocycles. The van der Waals surface area contributed by atoms with Crippen molar-refractivity contribution in [1.82, 2.24) is 0 Å². The van der Waals surface area contributed by atoms with E-state index in [0.29, 0.717) is 24.2 Å². The molecule has 4 fully saturated rings. The first-order valence-electron chi connectivity index (χ1n) is 9.06. The smallest absolute Gasteiger partial charge is 0.306 e. The van der Waals surface area contributed by atoms with Crippen LogP contribution in [0.25, 0.3) is 0 Å². The summed E-state index contributed by atoms with van der Waals surface area (Å²) in [6.45, 7) is 4.44. The number of hydrogen-bond acceptors (Lipinski definition) is 4. The van der Waals surface area contributed by atoms with E-state index in [1.54, 1.807) is 0 Å². The lowest BCUT2D eigenvalue weighted by Crippen LogP contribution is -2.66. The predicted molar refractivity (Wildman–Crippen MR) is 83.5 cm³/mol. The molecule has 4 heteroatoms. The number of fused-ring (bicyclic) bond motifs is 5. The Kier molecular flexibility index (Phi) is 3.12. The first kappa shape index (κ1) is 15.3. The van der Waals surface area contributed by atoms with Crippen LogP contribution in [0.1, 0.15) is 65.2 Å². The number of carbonyl (C=O) groups excluding carboxylic acids is 3. The van der Waals surface area contributed by atoms with Crippen LogP contribution in [-0.4, -0.2) is 23.6 Å². The number of esters is 1.